The van der Waals surface area contributed by atoms with Gasteiger partial charge in [-0.05, 0) is 54.9 Å². The molecule has 48 heavy (non-hydrogen) atoms. The number of nitriles is 1. The molecule has 0 aromatic carbocycles. The highest BCUT2D eigenvalue weighted by Crippen LogP contribution is 2.34. The third kappa shape index (κ3) is 7.49. The molecule has 2 aliphatic heterocycles. The molecule has 0 unspecified atom stereocenters. The molecule has 4 aromatic heterocycles. The predicted octanol–water partition coefficient (Wildman–Crippen LogP) is 5.77. The van der Waals surface area contributed by atoms with E-state index in [4.69, 9.17) is 32.7 Å². The van der Waals surface area contributed by atoms with Gasteiger partial charge in [-0.1, -0.05) is 23.2 Å². The quantitative estimate of drug-likeness (QED) is 0.199. The number of hydrogen-bond donors (Lipinski definition) is 1. The number of nitrogens with zero attached hydrogens (tertiary/aromatic N) is 7. The number of carbonyl (C=O) groups excluding carboxylic acids is 2. The molecule has 2 aliphatic rings. The van der Waals surface area contributed by atoms with E-state index >= 15 is 0 Å². The number of nitrogens with one attached hydrogen (secondary N) is 1. The number of aromatic nitrogens is 4. The lowest BCUT2D eigenvalue weighted by atomic mass is 10.0. The molecule has 0 radical (unpaired) electrons. The standard InChI is InChI=1S/C33H33BrCl2N8O4/c1-20(31-25(35)16-38-17-26(31)36)48-29-13-30(39-15-21(29)14-37)41-33(46)23-18-44(28-12-24(34)27(19-45)40-32(23)28)7-6-42-4-2-22(3-5-42)43-8-10-47-11-9-43/h12-13,15-20,22H,2-11H2,1H3,(H,39,41,46)/t20-/m1/s1. The number of piperidine rings is 1. The van der Waals surface area contributed by atoms with Crippen molar-refractivity contribution in [2.75, 3.05) is 51.3 Å². The molecule has 250 valence electrons. The smallest absolute Gasteiger partial charge is 0.260 e. The Balaban J connectivity index is 1.20. The van der Waals surface area contributed by atoms with Gasteiger partial charge in [-0.25, -0.2) is 9.97 Å². The van der Waals surface area contributed by atoms with Crippen molar-refractivity contribution in [3.8, 4) is 11.8 Å². The largest absolute Gasteiger partial charge is 0.484 e. The molecular formula is C33H33BrCl2N8O4. The van der Waals surface area contributed by atoms with Gasteiger partial charge >= 0.3 is 0 Å². The van der Waals surface area contributed by atoms with Crippen molar-refractivity contribution in [3.63, 3.8) is 0 Å². The molecule has 2 saturated heterocycles. The highest BCUT2D eigenvalue weighted by Gasteiger charge is 2.26. The van der Waals surface area contributed by atoms with Crippen LogP contribution in [0.3, 0.4) is 0 Å². The Hall–Kier alpha value is -3.64. The fourth-order valence-corrected chi connectivity index (χ4v) is 7.33. The molecule has 2 fully saturated rings. The fraction of sp³-hybridized carbons (Fsp3) is 0.394. The number of hydrogen-bond acceptors (Lipinski definition) is 10. The summed E-state index contributed by atoms with van der Waals surface area (Å²) in [6.45, 7) is 8.77. The third-order valence-electron chi connectivity index (χ3n) is 8.79. The van der Waals surface area contributed by atoms with Crippen LogP contribution in [0.5, 0.6) is 5.75 Å². The van der Waals surface area contributed by atoms with Crippen LogP contribution in [0.1, 0.15) is 57.8 Å². The second-order valence-electron chi connectivity index (χ2n) is 11.7. The number of morpholine rings is 1. The maximum Gasteiger partial charge on any atom is 0.260 e. The number of fused-ring (bicyclic) bond motifs is 1. The highest BCUT2D eigenvalue weighted by molar-refractivity contribution is 9.10. The monoisotopic (exact) mass is 754 g/mol. The van der Waals surface area contributed by atoms with Gasteiger partial charge in [0, 0.05) is 66.9 Å². The van der Waals surface area contributed by atoms with E-state index in [1.807, 2.05) is 10.6 Å². The summed E-state index contributed by atoms with van der Waals surface area (Å²) < 4.78 is 14.1. The van der Waals surface area contributed by atoms with Crippen LogP contribution >= 0.6 is 39.1 Å². The van der Waals surface area contributed by atoms with Crippen LogP contribution < -0.4 is 10.1 Å². The number of anilines is 1. The van der Waals surface area contributed by atoms with E-state index in [1.54, 1.807) is 13.1 Å². The number of rotatable bonds is 10. The van der Waals surface area contributed by atoms with Gasteiger partial charge in [-0.15, -0.1) is 0 Å². The van der Waals surface area contributed by atoms with Gasteiger partial charge in [-0.3, -0.25) is 19.5 Å². The van der Waals surface area contributed by atoms with E-state index in [0.29, 0.717) is 44.5 Å². The minimum absolute atomic E-state index is 0.157. The van der Waals surface area contributed by atoms with E-state index in [1.165, 1.54) is 24.7 Å². The molecule has 1 amide bonds. The number of ether oxygens (including phenoxy) is 2. The molecule has 0 bridgehead atoms. The summed E-state index contributed by atoms with van der Waals surface area (Å²) in [5.74, 6) is -0.137. The first-order chi connectivity index (χ1) is 23.2. The zero-order valence-corrected chi connectivity index (χ0v) is 29.3. The average molecular weight is 756 g/mol. The summed E-state index contributed by atoms with van der Waals surface area (Å²) in [6, 6.07) is 5.93. The summed E-state index contributed by atoms with van der Waals surface area (Å²) in [5.41, 5.74) is 2.26. The predicted molar refractivity (Wildman–Crippen MR) is 185 cm³/mol. The minimum atomic E-state index is -0.640. The molecule has 1 atom stereocenters. The molecule has 4 aromatic rings. The van der Waals surface area contributed by atoms with Crippen LogP contribution in [-0.4, -0.2) is 93.5 Å². The van der Waals surface area contributed by atoms with Crippen molar-refractivity contribution in [1.29, 1.82) is 5.26 Å². The Kier molecular flexibility index (Phi) is 10.9. The van der Waals surface area contributed by atoms with Crippen molar-refractivity contribution in [2.45, 2.75) is 38.5 Å². The maximum atomic E-state index is 13.7. The Bertz CT molecular complexity index is 1850. The lowest BCUT2D eigenvalue weighted by Crippen LogP contribution is -2.49. The van der Waals surface area contributed by atoms with Crippen LogP contribution in [0.15, 0.2) is 41.4 Å². The third-order valence-corrected chi connectivity index (χ3v) is 10.0. The number of carbonyl (C=O) groups is 2. The zero-order chi connectivity index (χ0) is 33.8. The lowest BCUT2D eigenvalue weighted by Gasteiger charge is -2.40. The molecule has 0 spiro atoms. The second kappa shape index (κ2) is 15.3. The number of likely N-dealkylation sites (tertiary alicyclic amines) is 1. The van der Waals surface area contributed by atoms with Gasteiger partial charge in [0.1, 0.15) is 40.5 Å². The first-order valence-corrected chi connectivity index (χ1v) is 17.2. The second-order valence-corrected chi connectivity index (χ2v) is 13.4. The number of pyridine rings is 3. The van der Waals surface area contributed by atoms with Gasteiger partial charge in [0.15, 0.2) is 6.29 Å². The molecule has 1 N–H and O–H groups in total. The topological polar surface area (TPSA) is 138 Å². The molecule has 0 aliphatic carbocycles. The van der Waals surface area contributed by atoms with Crippen LogP contribution in [0.2, 0.25) is 10.0 Å². The van der Waals surface area contributed by atoms with Gasteiger partial charge in [0.2, 0.25) is 0 Å². The van der Waals surface area contributed by atoms with Gasteiger partial charge in [0.05, 0.1) is 40.5 Å². The molecular weight excluding hydrogens is 723 g/mol. The summed E-state index contributed by atoms with van der Waals surface area (Å²) in [7, 11) is 0. The molecule has 0 saturated carbocycles. The van der Waals surface area contributed by atoms with Crippen molar-refractivity contribution in [3.05, 3.63) is 73.8 Å². The van der Waals surface area contributed by atoms with Crippen molar-refractivity contribution in [2.24, 2.45) is 0 Å². The Morgan fingerprint density at radius 1 is 1.17 bits per heavy atom. The van der Waals surface area contributed by atoms with E-state index in [9.17, 15) is 14.9 Å². The van der Waals surface area contributed by atoms with Crippen molar-refractivity contribution in [1.82, 2.24) is 29.3 Å². The first kappa shape index (κ1) is 34.2. The van der Waals surface area contributed by atoms with Crippen LogP contribution in [-0.2, 0) is 11.3 Å². The number of halogens is 3. The highest BCUT2D eigenvalue weighted by atomic mass is 79.9. The van der Waals surface area contributed by atoms with Crippen LogP contribution in [0.25, 0.3) is 11.0 Å². The minimum Gasteiger partial charge on any atom is -0.484 e. The average Bonchev–Trinajstić information content (AvgIpc) is 3.44. The Labute approximate surface area is 296 Å². The molecule has 15 heteroatoms. The summed E-state index contributed by atoms with van der Waals surface area (Å²) in [6.07, 6.45) is 8.22. The van der Waals surface area contributed by atoms with Gasteiger partial charge in [0.25, 0.3) is 5.91 Å². The lowest BCUT2D eigenvalue weighted by molar-refractivity contribution is 0.000706. The van der Waals surface area contributed by atoms with Crippen molar-refractivity contribution >= 4 is 68.2 Å². The van der Waals surface area contributed by atoms with E-state index in [2.05, 4.69) is 52.1 Å². The van der Waals surface area contributed by atoms with E-state index in [-0.39, 0.29) is 28.4 Å². The summed E-state index contributed by atoms with van der Waals surface area (Å²) in [5, 5.41) is 13.1. The summed E-state index contributed by atoms with van der Waals surface area (Å²) in [4.78, 5) is 43.2. The number of amides is 1. The SMILES string of the molecule is C[C@@H](Oc1cc(NC(=O)c2cn(CCN3CCC(N4CCOCC4)CC3)c3cc(Br)c(C=O)nc23)ncc1C#N)c1c(Cl)cncc1Cl. The zero-order valence-electron chi connectivity index (χ0n) is 26.2. The van der Waals surface area contributed by atoms with Crippen molar-refractivity contribution < 1.29 is 19.1 Å². The van der Waals surface area contributed by atoms with E-state index in [0.717, 1.165) is 64.3 Å². The normalized spacial score (nSPS) is 16.8. The van der Waals surface area contributed by atoms with Crippen LogP contribution in [0.4, 0.5) is 5.82 Å². The molecule has 6 heterocycles. The number of aldehydes is 1. The molecule has 12 nitrogen and oxygen atoms in total. The first-order valence-electron chi connectivity index (χ1n) is 15.6. The van der Waals surface area contributed by atoms with Gasteiger partial charge < -0.3 is 24.3 Å². The Morgan fingerprint density at radius 3 is 2.58 bits per heavy atom. The fourth-order valence-electron chi connectivity index (χ4n) is 6.26. The summed E-state index contributed by atoms with van der Waals surface area (Å²) >= 11 is 16.1. The maximum absolute atomic E-state index is 13.7. The van der Waals surface area contributed by atoms with Gasteiger partial charge in [-0.2, -0.15) is 5.26 Å². The molecule has 6 rings (SSSR count). The Morgan fingerprint density at radius 2 is 1.90 bits per heavy atom. The van der Waals surface area contributed by atoms with Crippen LogP contribution in [0, 0.1) is 11.3 Å². The van der Waals surface area contributed by atoms with E-state index < -0.39 is 12.0 Å².